The predicted molar refractivity (Wildman–Crippen MR) is 149 cm³/mol. The zero-order valence-electron chi connectivity index (χ0n) is 23.2. The van der Waals surface area contributed by atoms with Gasteiger partial charge in [-0.15, -0.1) is 0 Å². The Bertz CT molecular complexity index is 1230. The summed E-state index contributed by atoms with van der Waals surface area (Å²) in [4.78, 5) is 40.6. The van der Waals surface area contributed by atoms with Crippen LogP contribution < -0.4 is 25.2 Å². The van der Waals surface area contributed by atoms with E-state index in [-0.39, 0.29) is 31.0 Å². The number of hydrogen-bond donors (Lipinski definition) is 2. The van der Waals surface area contributed by atoms with Crippen molar-refractivity contribution in [3.63, 3.8) is 0 Å². The number of aromatic nitrogens is 2. The molecule has 2 amide bonds. The monoisotopic (exact) mass is 539 g/mol. The Morgan fingerprint density at radius 2 is 1.95 bits per heavy atom. The molecule has 39 heavy (non-hydrogen) atoms. The largest absolute Gasteiger partial charge is 0.495 e. The van der Waals surface area contributed by atoms with Gasteiger partial charge in [-0.2, -0.15) is 4.98 Å². The molecule has 1 unspecified atom stereocenters. The van der Waals surface area contributed by atoms with Crippen molar-refractivity contribution in [2.75, 3.05) is 56.0 Å². The van der Waals surface area contributed by atoms with Crippen molar-refractivity contribution in [1.29, 1.82) is 0 Å². The van der Waals surface area contributed by atoms with Crippen LogP contribution in [0.3, 0.4) is 0 Å². The van der Waals surface area contributed by atoms with Gasteiger partial charge in [0.05, 0.1) is 31.6 Å². The van der Waals surface area contributed by atoms with Gasteiger partial charge in [0.15, 0.2) is 5.82 Å². The summed E-state index contributed by atoms with van der Waals surface area (Å²) in [6.45, 7) is 3.34. The molecule has 2 fully saturated rings. The highest BCUT2D eigenvalue weighted by atomic mass is 19.1. The molecule has 1 saturated heterocycles. The molecule has 5 rings (SSSR count). The summed E-state index contributed by atoms with van der Waals surface area (Å²) in [5, 5.41) is 6.23. The van der Waals surface area contributed by atoms with E-state index in [1.165, 1.54) is 12.0 Å². The third-order valence-corrected chi connectivity index (χ3v) is 8.18. The van der Waals surface area contributed by atoms with Crippen LogP contribution in [0.15, 0.2) is 24.4 Å². The van der Waals surface area contributed by atoms with E-state index in [0.717, 1.165) is 45.2 Å². The number of carbonyl (C=O) groups excluding carboxylic acids is 2. The smallest absolute Gasteiger partial charge is 0.266 e. The van der Waals surface area contributed by atoms with Crippen LogP contribution >= 0.6 is 0 Å². The van der Waals surface area contributed by atoms with E-state index in [0.29, 0.717) is 34.5 Å². The third-order valence-electron chi connectivity index (χ3n) is 8.18. The lowest BCUT2D eigenvalue weighted by atomic mass is 9.92. The van der Waals surface area contributed by atoms with E-state index in [4.69, 9.17) is 9.72 Å². The number of amides is 2. The Morgan fingerprint density at radius 1 is 1.21 bits per heavy atom. The topological polar surface area (TPSA) is 103 Å². The number of hydrogen-bond acceptors (Lipinski definition) is 8. The molecule has 3 heterocycles. The molecule has 1 aliphatic carbocycles. The van der Waals surface area contributed by atoms with Crippen molar-refractivity contribution in [2.24, 2.45) is 0 Å². The van der Waals surface area contributed by atoms with Crippen LogP contribution in [0.1, 0.15) is 55.8 Å². The number of likely N-dealkylation sites (N-methyl/N-ethyl adjacent to an activating group) is 1. The number of ether oxygens (including phenoxy) is 1. The molecule has 10 nitrogen and oxygen atoms in total. The Labute approximate surface area is 228 Å². The number of nitrogens with zero attached hydrogens (tertiary/aromatic N) is 5. The molecule has 0 radical (unpaired) electrons. The van der Waals surface area contributed by atoms with Crippen molar-refractivity contribution >= 4 is 35.0 Å². The summed E-state index contributed by atoms with van der Waals surface area (Å²) >= 11 is 0. The minimum absolute atomic E-state index is 0.0370. The molecular weight excluding hydrogens is 501 g/mol. The van der Waals surface area contributed by atoms with E-state index in [9.17, 15) is 9.59 Å². The molecule has 2 N–H and O–H groups in total. The Morgan fingerprint density at radius 3 is 2.62 bits per heavy atom. The van der Waals surface area contributed by atoms with Crippen molar-refractivity contribution in [2.45, 2.75) is 63.2 Å². The molecule has 210 valence electrons. The van der Waals surface area contributed by atoms with Crippen LogP contribution in [0.4, 0.5) is 27.5 Å². The van der Waals surface area contributed by atoms with E-state index in [2.05, 4.69) is 20.5 Å². The number of methoxy groups -OCH3 is 1. The number of benzene rings is 1. The van der Waals surface area contributed by atoms with Gasteiger partial charge >= 0.3 is 0 Å². The van der Waals surface area contributed by atoms with Crippen LogP contribution in [-0.4, -0.2) is 85.3 Å². The average Bonchev–Trinajstić information content (AvgIpc) is 3.02. The van der Waals surface area contributed by atoms with Crippen LogP contribution in [0.5, 0.6) is 5.75 Å². The van der Waals surface area contributed by atoms with Gasteiger partial charge < -0.3 is 30.1 Å². The van der Waals surface area contributed by atoms with Crippen LogP contribution in [0.25, 0.3) is 0 Å². The third kappa shape index (κ3) is 5.36. The molecule has 2 aromatic rings. The molecule has 0 spiro atoms. The Hall–Kier alpha value is -3.47. The SMILES string of the molecule is CCC1(F)CN(C2CCCCC2)c2nc(Nc3ccc(C(=O)NC4CN(C)C4)cc3OC)ncc2N(C)C1=O. The second kappa shape index (κ2) is 11.0. The maximum Gasteiger partial charge on any atom is 0.266 e. The molecule has 1 atom stereocenters. The Balaban J connectivity index is 1.43. The standard InChI is InChI=1S/C28H38FN7O3/c1-5-28(29)17-36(20-9-7-6-8-10-20)24-22(35(3)26(28)38)14-30-27(33-24)32-21-12-11-18(13-23(21)39-4)25(37)31-19-15-34(2)16-19/h11-14,19-20H,5-10,15-17H2,1-4H3,(H,31,37)(H,30,32,33). The van der Waals surface area contributed by atoms with Crippen LogP contribution in [0, 0.1) is 0 Å². The highest BCUT2D eigenvalue weighted by Crippen LogP contribution is 2.40. The van der Waals surface area contributed by atoms with E-state index >= 15 is 4.39 Å². The normalized spacial score (nSPS) is 22.6. The second-order valence-corrected chi connectivity index (χ2v) is 10.9. The quantitative estimate of drug-likeness (QED) is 0.551. The summed E-state index contributed by atoms with van der Waals surface area (Å²) in [5.41, 5.74) is -0.426. The summed E-state index contributed by atoms with van der Waals surface area (Å²) in [5.74, 6) is 0.589. The number of fused-ring (bicyclic) bond motifs is 1. The average molecular weight is 540 g/mol. The lowest BCUT2D eigenvalue weighted by Gasteiger charge is -2.37. The minimum atomic E-state index is -2.00. The Kier molecular flexibility index (Phi) is 7.61. The van der Waals surface area contributed by atoms with Gasteiger partial charge in [-0.05, 0) is 44.5 Å². The van der Waals surface area contributed by atoms with Gasteiger partial charge in [0.1, 0.15) is 11.4 Å². The molecule has 0 bridgehead atoms. The predicted octanol–water partition coefficient (Wildman–Crippen LogP) is 3.51. The molecule has 3 aliphatic rings. The highest BCUT2D eigenvalue weighted by Gasteiger charge is 2.46. The number of nitrogens with one attached hydrogen (secondary N) is 2. The summed E-state index contributed by atoms with van der Waals surface area (Å²) in [6.07, 6.45) is 6.81. The fourth-order valence-corrected chi connectivity index (χ4v) is 5.77. The van der Waals surface area contributed by atoms with Gasteiger partial charge in [0.25, 0.3) is 11.8 Å². The van der Waals surface area contributed by atoms with Crippen molar-refractivity contribution < 1.29 is 18.7 Å². The van der Waals surface area contributed by atoms with Crippen LogP contribution in [-0.2, 0) is 4.79 Å². The first-order valence-electron chi connectivity index (χ1n) is 13.8. The molecule has 11 heteroatoms. The first-order chi connectivity index (χ1) is 18.7. The van der Waals surface area contributed by atoms with Gasteiger partial charge in [-0.1, -0.05) is 26.2 Å². The van der Waals surface area contributed by atoms with Crippen molar-refractivity contribution in [1.82, 2.24) is 20.2 Å². The van der Waals surface area contributed by atoms with E-state index in [1.807, 2.05) is 11.9 Å². The zero-order chi connectivity index (χ0) is 27.7. The zero-order valence-corrected chi connectivity index (χ0v) is 23.2. The number of likely N-dealkylation sites (tertiary alicyclic amines) is 1. The van der Waals surface area contributed by atoms with E-state index in [1.54, 1.807) is 38.4 Å². The van der Waals surface area contributed by atoms with Gasteiger partial charge in [0.2, 0.25) is 11.6 Å². The maximum atomic E-state index is 16.0. The number of alkyl halides is 1. The van der Waals surface area contributed by atoms with E-state index < -0.39 is 11.6 Å². The van der Waals surface area contributed by atoms with Crippen LogP contribution in [0.2, 0.25) is 0 Å². The van der Waals surface area contributed by atoms with Crippen molar-refractivity contribution in [3.05, 3.63) is 30.0 Å². The maximum absolute atomic E-state index is 16.0. The lowest BCUT2D eigenvalue weighted by molar-refractivity contribution is -0.129. The number of halogens is 1. The molecule has 1 aromatic heterocycles. The molecule has 2 aliphatic heterocycles. The fourth-order valence-electron chi connectivity index (χ4n) is 5.77. The first kappa shape index (κ1) is 27.1. The molecule has 1 aromatic carbocycles. The fraction of sp³-hybridized carbons (Fsp3) is 0.571. The van der Waals surface area contributed by atoms with Gasteiger partial charge in [-0.25, -0.2) is 9.37 Å². The molecular formula is C28H38FN7O3. The number of anilines is 4. The minimum Gasteiger partial charge on any atom is -0.495 e. The lowest BCUT2D eigenvalue weighted by Crippen LogP contribution is -2.57. The molecule has 1 saturated carbocycles. The number of rotatable bonds is 7. The second-order valence-electron chi connectivity index (χ2n) is 10.9. The number of carbonyl (C=O) groups is 2. The summed E-state index contributed by atoms with van der Waals surface area (Å²) in [6, 6.07) is 5.42. The van der Waals surface area contributed by atoms with Gasteiger partial charge in [-0.3, -0.25) is 9.59 Å². The van der Waals surface area contributed by atoms with Crippen molar-refractivity contribution in [3.8, 4) is 5.75 Å². The summed E-state index contributed by atoms with van der Waals surface area (Å²) < 4.78 is 21.6. The first-order valence-corrected chi connectivity index (χ1v) is 13.8. The van der Waals surface area contributed by atoms with Gasteiger partial charge in [0, 0.05) is 31.7 Å². The summed E-state index contributed by atoms with van der Waals surface area (Å²) in [7, 11) is 5.14. The highest BCUT2D eigenvalue weighted by molar-refractivity contribution is 6.03.